The topological polar surface area (TPSA) is 26.0 Å². The van der Waals surface area contributed by atoms with Gasteiger partial charge >= 0.3 is 6.18 Å². The monoisotopic (exact) mass is 175 g/mol. The molecule has 66 valence electrons. The van der Waals surface area contributed by atoms with Crippen molar-refractivity contribution in [3.8, 4) is 0 Å². The standard InChI is InChI=1S/C8H8F3N/c1-5-2-6(8(9,10)11)4-7(12)3-5/h2-4H,12H2,1H3. The first kappa shape index (κ1) is 8.90. The van der Waals surface area contributed by atoms with Gasteiger partial charge in [-0.25, -0.2) is 0 Å². The minimum Gasteiger partial charge on any atom is -0.399 e. The number of hydrogen-bond acceptors (Lipinski definition) is 1. The first-order valence-corrected chi connectivity index (χ1v) is 3.34. The average molecular weight is 175 g/mol. The second-order valence-electron chi connectivity index (χ2n) is 2.63. The van der Waals surface area contributed by atoms with Crippen LogP contribution in [-0.2, 0) is 6.18 Å². The molecule has 0 aliphatic carbocycles. The van der Waals surface area contributed by atoms with E-state index in [1.165, 1.54) is 6.07 Å². The van der Waals surface area contributed by atoms with E-state index in [-0.39, 0.29) is 5.69 Å². The molecule has 12 heavy (non-hydrogen) atoms. The highest BCUT2D eigenvalue weighted by Gasteiger charge is 2.30. The van der Waals surface area contributed by atoms with Gasteiger partial charge in [0.1, 0.15) is 0 Å². The first-order chi connectivity index (χ1) is 5.39. The van der Waals surface area contributed by atoms with E-state index >= 15 is 0 Å². The molecular formula is C8H8F3N. The summed E-state index contributed by atoms with van der Waals surface area (Å²) in [6, 6.07) is 3.48. The van der Waals surface area contributed by atoms with Gasteiger partial charge in [-0.05, 0) is 30.7 Å². The SMILES string of the molecule is Cc1cc(N)cc(C(F)(F)F)c1. The van der Waals surface area contributed by atoms with Crippen LogP contribution in [0.4, 0.5) is 18.9 Å². The number of halogens is 3. The molecule has 0 bridgehead atoms. The van der Waals surface area contributed by atoms with Crippen molar-refractivity contribution in [3.63, 3.8) is 0 Å². The Morgan fingerprint density at radius 3 is 2.17 bits per heavy atom. The highest BCUT2D eigenvalue weighted by Crippen LogP contribution is 2.30. The molecular weight excluding hydrogens is 167 g/mol. The van der Waals surface area contributed by atoms with Crippen LogP contribution in [0.15, 0.2) is 18.2 Å². The predicted octanol–water partition coefficient (Wildman–Crippen LogP) is 2.60. The van der Waals surface area contributed by atoms with Crippen molar-refractivity contribution in [2.75, 3.05) is 5.73 Å². The summed E-state index contributed by atoms with van der Waals surface area (Å²) in [6.07, 6.45) is -4.31. The molecule has 0 saturated heterocycles. The largest absolute Gasteiger partial charge is 0.416 e. The molecule has 0 aromatic heterocycles. The van der Waals surface area contributed by atoms with E-state index in [1.54, 1.807) is 6.92 Å². The van der Waals surface area contributed by atoms with Crippen LogP contribution >= 0.6 is 0 Å². The van der Waals surface area contributed by atoms with Crippen molar-refractivity contribution in [2.45, 2.75) is 13.1 Å². The number of rotatable bonds is 0. The van der Waals surface area contributed by atoms with Crippen molar-refractivity contribution in [2.24, 2.45) is 0 Å². The third-order valence-electron chi connectivity index (χ3n) is 1.43. The number of aryl methyl sites for hydroxylation is 1. The molecule has 0 aliphatic rings. The van der Waals surface area contributed by atoms with Crippen molar-refractivity contribution < 1.29 is 13.2 Å². The highest BCUT2D eigenvalue weighted by atomic mass is 19.4. The van der Waals surface area contributed by atoms with E-state index in [0.717, 1.165) is 12.1 Å². The van der Waals surface area contributed by atoms with Crippen LogP contribution in [-0.4, -0.2) is 0 Å². The summed E-state index contributed by atoms with van der Waals surface area (Å²) < 4.78 is 36.3. The molecule has 0 unspecified atom stereocenters. The van der Waals surface area contributed by atoms with Gasteiger partial charge in [0.05, 0.1) is 5.56 Å². The Morgan fingerprint density at radius 2 is 1.75 bits per heavy atom. The summed E-state index contributed by atoms with van der Waals surface area (Å²) in [5.74, 6) is 0. The van der Waals surface area contributed by atoms with Gasteiger partial charge in [-0.1, -0.05) is 0 Å². The number of hydrogen-bond donors (Lipinski definition) is 1. The Labute approximate surface area is 68.0 Å². The summed E-state index contributed by atoms with van der Waals surface area (Å²) in [6.45, 7) is 1.58. The minimum atomic E-state index is -4.31. The van der Waals surface area contributed by atoms with Crippen molar-refractivity contribution >= 4 is 5.69 Å². The molecule has 0 atom stereocenters. The van der Waals surface area contributed by atoms with E-state index < -0.39 is 11.7 Å². The number of nitrogen functional groups attached to an aromatic ring is 1. The Hall–Kier alpha value is -1.19. The second kappa shape index (κ2) is 2.69. The maximum absolute atomic E-state index is 12.1. The van der Waals surface area contributed by atoms with Crippen LogP contribution in [0.1, 0.15) is 11.1 Å². The summed E-state index contributed by atoms with van der Waals surface area (Å²) in [7, 11) is 0. The van der Waals surface area contributed by atoms with Gasteiger partial charge < -0.3 is 5.73 Å². The molecule has 0 saturated carbocycles. The van der Waals surface area contributed by atoms with Gasteiger partial charge in [0, 0.05) is 5.69 Å². The lowest BCUT2D eigenvalue weighted by Crippen LogP contribution is -2.05. The van der Waals surface area contributed by atoms with E-state index in [9.17, 15) is 13.2 Å². The van der Waals surface area contributed by atoms with Crippen LogP contribution in [0.5, 0.6) is 0 Å². The lowest BCUT2D eigenvalue weighted by atomic mass is 10.1. The number of alkyl halides is 3. The van der Waals surface area contributed by atoms with E-state index in [1.807, 2.05) is 0 Å². The lowest BCUT2D eigenvalue weighted by molar-refractivity contribution is -0.137. The molecule has 4 heteroatoms. The fourth-order valence-electron chi connectivity index (χ4n) is 0.976. The van der Waals surface area contributed by atoms with Gasteiger partial charge in [0.2, 0.25) is 0 Å². The van der Waals surface area contributed by atoms with Gasteiger partial charge in [-0.15, -0.1) is 0 Å². The zero-order valence-electron chi connectivity index (χ0n) is 6.44. The van der Waals surface area contributed by atoms with Gasteiger partial charge in [0.25, 0.3) is 0 Å². The van der Waals surface area contributed by atoms with Crippen molar-refractivity contribution in [3.05, 3.63) is 29.3 Å². The summed E-state index contributed by atoms with van der Waals surface area (Å²) in [4.78, 5) is 0. The maximum atomic E-state index is 12.1. The van der Waals surface area contributed by atoms with Gasteiger partial charge in [-0.2, -0.15) is 13.2 Å². The van der Waals surface area contributed by atoms with Crippen LogP contribution in [0.2, 0.25) is 0 Å². The number of benzene rings is 1. The molecule has 0 heterocycles. The third-order valence-corrected chi connectivity index (χ3v) is 1.43. The quantitative estimate of drug-likeness (QED) is 0.602. The molecule has 0 radical (unpaired) electrons. The lowest BCUT2D eigenvalue weighted by Gasteiger charge is -2.07. The van der Waals surface area contributed by atoms with Crippen LogP contribution in [0.25, 0.3) is 0 Å². The Morgan fingerprint density at radius 1 is 1.17 bits per heavy atom. The zero-order chi connectivity index (χ0) is 9.35. The number of nitrogens with two attached hydrogens (primary N) is 1. The Bertz CT molecular complexity index is 271. The fourth-order valence-corrected chi connectivity index (χ4v) is 0.976. The molecule has 1 aromatic rings. The van der Waals surface area contributed by atoms with Crippen LogP contribution in [0.3, 0.4) is 0 Å². The predicted molar refractivity (Wildman–Crippen MR) is 40.6 cm³/mol. The average Bonchev–Trinajstić information content (AvgIpc) is 1.82. The van der Waals surface area contributed by atoms with Crippen LogP contribution in [0, 0.1) is 6.92 Å². The van der Waals surface area contributed by atoms with Crippen molar-refractivity contribution in [1.29, 1.82) is 0 Å². The van der Waals surface area contributed by atoms with Crippen LogP contribution < -0.4 is 5.73 Å². The molecule has 0 aliphatic heterocycles. The summed E-state index contributed by atoms with van der Waals surface area (Å²) in [5, 5.41) is 0. The molecule has 0 fully saturated rings. The molecule has 0 amide bonds. The highest BCUT2D eigenvalue weighted by molar-refractivity contribution is 5.45. The second-order valence-corrected chi connectivity index (χ2v) is 2.63. The van der Waals surface area contributed by atoms with E-state index in [2.05, 4.69) is 0 Å². The smallest absolute Gasteiger partial charge is 0.399 e. The molecule has 1 rings (SSSR count). The Kier molecular flexibility index (Phi) is 2.00. The van der Waals surface area contributed by atoms with E-state index in [0.29, 0.717) is 5.56 Å². The summed E-state index contributed by atoms with van der Waals surface area (Å²) >= 11 is 0. The summed E-state index contributed by atoms with van der Waals surface area (Å²) in [5.41, 5.74) is 5.22. The molecule has 1 nitrogen and oxygen atoms in total. The Balaban J connectivity index is 3.18. The number of anilines is 1. The molecule has 1 aromatic carbocycles. The van der Waals surface area contributed by atoms with E-state index in [4.69, 9.17) is 5.73 Å². The molecule has 0 spiro atoms. The van der Waals surface area contributed by atoms with Crippen molar-refractivity contribution in [1.82, 2.24) is 0 Å². The maximum Gasteiger partial charge on any atom is 0.416 e. The normalized spacial score (nSPS) is 11.7. The van der Waals surface area contributed by atoms with Gasteiger partial charge in [0.15, 0.2) is 0 Å². The third kappa shape index (κ3) is 1.90. The fraction of sp³-hybridized carbons (Fsp3) is 0.250. The zero-order valence-corrected chi connectivity index (χ0v) is 6.44. The minimum absolute atomic E-state index is 0.141. The first-order valence-electron chi connectivity index (χ1n) is 3.34. The van der Waals surface area contributed by atoms with Gasteiger partial charge in [-0.3, -0.25) is 0 Å². The molecule has 2 N–H and O–H groups in total.